The van der Waals surface area contributed by atoms with Crippen molar-refractivity contribution in [3.8, 4) is 0 Å². The van der Waals surface area contributed by atoms with Gasteiger partial charge < -0.3 is 9.15 Å². The van der Waals surface area contributed by atoms with Crippen molar-refractivity contribution in [1.29, 1.82) is 0 Å². The Morgan fingerprint density at radius 1 is 1.19 bits per heavy atom. The fourth-order valence-corrected chi connectivity index (χ4v) is 5.95. The summed E-state index contributed by atoms with van der Waals surface area (Å²) in [5.41, 5.74) is 2.20. The van der Waals surface area contributed by atoms with Crippen LogP contribution in [-0.2, 0) is 26.0 Å². The van der Waals surface area contributed by atoms with Gasteiger partial charge >= 0.3 is 5.97 Å². The van der Waals surface area contributed by atoms with E-state index in [1.165, 1.54) is 0 Å². The molecule has 1 aromatic heterocycles. The SMILES string of the molecule is Cc1ccc(C)c(S(=O)(=O)C2(C(=O)OCc3nc(C)c(C)o3)CCCC2)c1. The lowest BCUT2D eigenvalue weighted by molar-refractivity contribution is -0.148. The Morgan fingerprint density at radius 3 is 2.44 bits per heavy atom. The van der Waals surface area contributed by atoms with Gasteiger partial charge in [0, 0.05) is 0 Å². The van der Waals surface area contributed by atoms with Gasteiger partial charge in [0.1, 0.15) is 5.76 Å². The molecule has 1 heterocycles. The monoisotopic (exact) mass is 391 g/mol. The summed E-state index contributed by atoms with van der Waals surface area (Å²) < 4.78 is 36.3. The molecule has 1 aliphatic carbocycles. The first-order chi connectivity index (χ1) is 12.7. The van der Waals surface area contributed by atoms with Gasteiger partial charge in [-0.15, -0.1) is 0 Å². The van der Waals surface area contributed by atoms with Crippen LogP contribution in [0.25, 0.3) is 0 Å². The van der Waals surface area contributed by atoms with Crippen molar-refractivity contribution in [3.05, 3.63) is 46.7 Å². The summed E-state index contributed by atoms with van der Waals surface area (Å²) in [5.74, 6) is 0.213. The Kier molecular flexibility index (Phi) is 5.16. The van der Waals surface area contributed by atoms with E-state index >= 15 is 0 Å². The summed E-state index contributed by atoms with van der Waals surface area (Å²) in [7, 11) is -3.89. The van der Waals surface area contributed by atoms with E-state index < -0.39 is 20.6 Å². The maximum absolute atomic E-state index is 13.5. The molecule has 0 unspecified atom stereocenters. The highest BCUT2D eigenvalue weighted by Gasteiger charge is 2.54. The van der Waals surface area contributed by atoms with Crippen LogP contribution in [0.15, 0.2) is 27.5 Å². The minimum absolute atomic E-state index is 0.169. The number of aromatic nitrogens is 1. The van der Waals surface area contributed by atoms with Crippen LogP contribution in [0.1, 0.15) is 54.2 Å². The Balaban J connectivity index is 1.92. The molecule has 27 heavy (non-hydrogen) atoms. The predicted octanol–water partition coefficient (Wildman–Crippen LogP) is 3.74. The average Bonchev–Trinajstić information content (AvgIpc) is 3.23. The molecule has 1 fully saturated rings. The van der Waals surface area contributed by atoms with Crippen LogP contribution < -0.4 is 0 Å². The quantitative estimate of drug-likeness (QED) is 0.722. The molecule has 0 aliphatic heterocycles. The molecule has 2 aromatic rings. The smallest absolute Gasteiger partial charge is 0.328 e. The normalized spacial score (nSPS) is 16.4. The zero-order valence-electron chi connectivity index (χ0n) is 16.2. The highest BCUT2D eigenvalue weighted by Crippen LogP contribution is 2.42. The van der Waals surface area contributed by atoms with Gasteiger partial charge in [-0.25, -0.2) is 13.4 Å². The third-order valence-electron chi connectivity index (χ3n) is 5.33. The number of aryl methyl sites for hydroxylation is 4. The van der Waals surface area contributed by atoms with Gasteiger partial charge in [0.05, 0.1) is 10.6 Å². The Morgan fingerprint density at radius 2 is 1.85 bits per heavy atom. The van der Waals surface area contributed by atoms with E-state index in [0.29, 0.717) is 24.2 Å². The van der Waals surface area contributed by atoms with E-state index in [0.717, 1.165) is 11.3 Å². The Bertz CT molecular complexity index is 949. The number of nitrogens with zero attached hydrogens (tertiary/aromatic N) is 1. The number of esters is 1. The number of oxazole rings is 1. The highest BCUT2D eigenvalue weighted by molar-refractivity contribution is 7.93. The van der Waals surface area contributed by atoms with Crippen molar-refractivity contribution < 1.29 is 22.4 Å². The number of benzene rings is 1. The van der Waals surface area contributed by atoms with E-state index in [4.69, 9.17) is 9.15 Å². The third-order valence-corrected chi connectivity index (χ3v) is 7.95. The van der Waals surface area contributed by atoms with Gasteiger partial charge in [-0.3, -0.25) is 4.79 Å². The second kappa shape index (κ2) is 7.11. The first-order valence-electron chi connectivity index (χ1n) is 9.09. The van der Waals surface area contributed by atoms with Crippen LogP contribution >= 0.6 is 0 Å². The lowest BCUT2D eigenvalue weighted by atomic mass is 10.1. The molecule has 1 saturated carbocycles. The number of carbonyl (C=O) groups excluding carboxylic acids is 1. The number of sulfone groups is 1. The zero-order chi connectivity index (χ0) is 19.8. The lowest BCUT2D eigenvalue weighted by Crippen LogP contribution is -2.45. The molecule has 146 valence electrons. The van der Waals surface area contributed by atoms with Crippen molar-refractivity contribution >= 4 is 15.8 Å². The molecular weight excluding hydrogens is 366 g/mol. The maximum atomic E-state index is 13.5. The first-order valence-corrected chi connectivity index (χ1v) is 10.6. The molecule has 0 saturated heterocycles. The van der Waals surface area contributed by atoms with Gasteiger partial charge in [0.2, 0.25) is 5.89 Å². The summed E-state index contributed by atoms with van der Waals surface area (Å²) in [4.78, 5) is 17.4. The Hall–Kier alpha value is -2.15. The molecule has 0 spiro atoms. The first kappa shape index (κ1) is 19.6. The van der Waals surface area contributed by atoms with Gasteiger partial charge in [-0.1, -0.05) is 25.0 Å². The molecule has 0 N–H and O–H groups in total. The van der Waals surface area contributed by atoms with E-state index in [9.17, 15) is 13.2 Å². The van der Waals surface area contributed by atoms with Gasteiger partial charge in [-0.2, -0.15) is 0 Å². The highest BCUT2D eigenvalue weighted by atomic mass is 32.2. The fraction of sp³-hybridized carbons (Fsp3) is 0.500. The molecule has 1 aliphatic rings. The van der Waals surface area contributed by atoms with E-state index in [2.05, 4.69) is 4.98 Å². The second-order valence-electron chi connectivity index (χ2n) is 7.30. The number of carbonyl (C=O) groups is 1. The molecular formula is C20H25NO5S. The number of hydrogen-bond acceptors (Lipinski definition) is 6. The number of rotatable bonds is 5. The average molecular weight is 391 g/mol. The maximum Gasteiger partial charge on any atom is 0.328 e. The molecule has 1 aromatic carbocycles. The van der Waals surface area contributed by atoms with Crippen molar-refractivity contribution in [1.82, 2.24) is 4.98 Å². The summed E-state index contributed by atoms with van der Waals surface area (Å²) in [6, 6.07) is 5.27. The topological polar surface area (TPSA) is 86.5 Å². The lowest BCUT2D eigenvalue weighted by Gasteiger charge is -2.27. The minimum atomic E-state index is -3.89. The van der Waals surface area contributed by atoms with E-state index in [1.807, 2.05) is 13.0 Å². The van der Waals surface area contributed by atoms with Crippen LogP contribution in [-0.4, -0.2) is 24.1 Å². The summed E-state index contributed by atoms with van der Waals surface area (Å²) in [5, 5.41) is 0. The molecule has 7 heteroatoms. The zero-order valence-corrected chi connectivity index (χ0v) is 17.0. The van der Waals surface area contributed by atoms with Crippen LogP contribution in [0.2, 0.25) is 0 Å². The Labute approximate surface area is 159 Å². The van der Waals surface area contributed by atoms with Crippen LogP contribution in [0.3, 0.4) is 0 Å². The molecule has 0 atom stereocenters. The molecule has 0 bridgehead atoms. The summed E-state index contributed by atoms with van der Waals surface area (Å²) in [6.07, 6.45) is 1.89. The minimum Gasteiger partial charge on any atom is -0.454 e. The van der Waals surface area contributed by atoms with Crippen LogP contribution in [0, 0.1) is 27.7 Å². The van der Waals surface area contributed by atoms with E-state index in [1.54, 1.807) is 32.9 Å². The van der Waals surface area contributed by atoms with E-state index in [-0.39, 0.29) is 30.2 Å². The fourth-order valence-electron chi connectivity index (χ4n) is 3.60. The van der Waals surface area contributed by atoms with Crippen molar-refractivity contribution in [2.45, 2.75) is 69.6 Å². The number of ether oxygens (including phenoxy) is 1. The third kappa shape index (κ3) is 3.40. The van der Waals surface area contributed by atoms with Crippen molar-refractivity contribution in [2.24, 2.45) is 0 Å². The van der Waals surface area contributed by atoms with Crippen molar-refractivity contribution in [2.75, 3.05) is 0 Å². The van der Waals surface area contributed by atoms with Gasteiger partial charge in [0.25, 0.3) is 0 Å². The number of hydrogen-bond donors (Lipinski definition) is 0. The molecule has 0 amide bonds. The standard InChI is InChI=1S/C20H25NO5S/c1-13-7-8-14(2)17(11-13)27(23,24)20(9-5-6-10-20)19(22)25-12-18-21-15(3)16(4)26-18/h7-8,11H,5-6,9-10,12H2,1-4H3. The molecule has 6 nitrogen and oxygen atoms in total. The van der Waals surface area contributed by atoms with Gasteiger partial charge in [-0.05, 0) is 57.7 Å². The van der Waals surface area contributed by atoms with Gasteiger partial charge in [0.15, 0.2) is 21.2 Å². The second-order valence-corrected chi connectivity index (χ2v) is 9.53. The summed E-state index contributed by atoms with van der Waals surface area (Å²) >= 11 is 0. The molecule has 3 rings (SSSR count). The predicted molar refractivity (Wildman–Crippen MR) is 100 cm³/mol. The largest absolute Gasteiger partial charge is 0.454 e. The van der Waals surface area contributed by atoms with Crippen molar-refractivity contribution in [3.63, 3.8) is 0 Å². The molecule has 0 radical (unpaired) electrons. The van der Waals surface area contributed by atoms with Crippen LogP contribution in [0.4, 0.5) is 0 Å². The van der Waals surface area contributed by atoms with Crippen LogP contribution in [0.5, 0.6) is 0 Å². The summed E-state index contributed by atoms with van der Waals surface area (Å²) in [6.45, 7) is 6.99.